The van der Waals surface area contributed by atoms with Crippen molar-refractivity contribution in [3.63, 3.8) is 0 Å². The molecule has 17 heavy (non-hydrogen) atoms. The van der Waals surface area contributed by atoms with Gasteiger partial charge in [0.2, 0.25) is 0 Å². The lowest BCUT2D eigenvalue weighted by molar-refractivity contribution is 0.175. The van der Waals surface area contributed by atoms with Crippen molar-refractivity contribution in [3.8, 4) is 0 Å². The summed E-state index contributed by atoms with van der Waals surface area (Å²) in [5.74, 6) is 0. The first kappa shape index (κ1) is 12.8. The molecule has 0 aliphatic rings. The molecule has 1 unspecified atom stereocenters. The Balaban J connectivity index is 1.80. The maximum absolute atomic E-state index is 9.88. The van der Waals surface area contributed by atoms with E-state index in [2.05, 4.69) is 33.4 Å². The molecule has 1 heterocycles. The van der Waals surface area contributed by atoms with E-state index in [1.54, 1.807) is 11.3 Å². The first-order valence-electron chi connectivity index (χ1n) is 5.41. The molecule has 2 N–H and O–H groups in total. The minimum Gasteiger partial charge on any atom is -0.387 e. The Kier molecular flexibility index (Phi) is 4.74. The lowest BCUT2D eigenvalue weighted by Crippen LogP contribution is -2.20. The molecule has 0 radical (unpaired) electrons. The van der Waals surface area contributed by atoms with Crippen LogP contribution in [0.5, 0.6) is 0 Å². The van der Waals surface area contributed by atoms with Crippen LogP contribution in [0.15, 0.2) is 45.6 Å². The number of rotatable bonds is 5. The lowest BCUT2D eigenvalue weighted by atomic mass is 10.2. The number of aliphatic hydroxyl groups is 1. The van der Waals surface area contributed by atoms with Crippen LogP contribution in [-0.4, -0.2) is 11.7 Å². The van der Waals surface area contributed by atoms with Gasteiger partial charge in [0.1, 0.15) is 0 Å². The highest BCUT2D eigenvalue weighted by Gasteiger charge is 2.06. The highest BCUT2D eigenvalue weighted by atomic mass is 79.9. The maximum Gasteiger partial charge on any atom is 0.0922 e. The molecule has 0 bridgehead atoms. The molecule has 0 fully saturated rings. The summed E-state index contributed by atoms with van der Waals surface area (Å²) in [5.41, 5.74) is 2.19. The Bertz CT molecular complexity index is 458. The second kappa shape index (κ2) is 6.31. The van der Waals surface area contributed by atoms with Gasteiger partial charge in [0.15, 0.2) is 0 Å². The SMILES string of the molecule is OC(CNCc1cccc(Br)c1)c1ccsc1. The van der Waals surface area contributed by atoms with E-state index in [1.807, 2.05) is 29.0 Å². The highest BCUT2D eigenvalue weighted by Crippen LogP contribution is 2.15. The number of aliphatic hydroxyl groups excluding tert-OH is 1. The van der Waals surface area contributed by atoms with Crippen molar-refractivity contribution in [1.29, 1.82) is 0 Å². The van der Waals surface area contributed by atoms with Crippen LogP contribution in [0.3, 0.4) is 0 Å². The van der Waals surface area contributed by atoms with Gasteiger partial charge < -0.3 is 10.4 Å². The monoisotopic (exact) mass is 311 g/mol. The topological polar surface area (TPSA) is 32.3 Å². The zero-order valence-electron chi connectivity index (χ0n) is 9.27. The Morgan fingerprint density at radius 3 is 2.94 bits per heavy atom. The Morgan fingerprint density at radius 1 is 1.35 bits per heavy atom. The fourth-order valence-corrected chi connectivity index (χ4v) is 2.74. The van der Waals surface area contributed by atoms with Crippen LogP contribution in [0.25, 0.3) is 0 Å². The zero-order chi connectivity index (χ0) is 12.1. The third-order valence-corrected chi connectivity index (χ3v) is 3.68. The van der Waals surface area contributed by atoms with Crippen molar-refractivity contribution in [3.05, 3.63) is 56.7 Å². The van der Waals surface area contributed by atoms with E-state index in [-0.39, 0.29) is 0 Å². The van der Waals surface area contributed by atoms with E-state index in [9.17, 15) is 5.11 Å². The van der Waals surface area contributed by atoms with Gasteiger partial charge in [-0.15, -0.1) is 0 Å². The molecular formula is C13H14BrNOS. The van der Waals surface area contributed by atoms with Crippen molar-refractivity contribution in [1.82, 2.24) is 5.32 Å². The van der Waals surface area contributed by atoms with E-state index < -0.39 is 6.10 Å². The summed E-state index contributed by atoms with van der Waals surface area (Å²) < 4.78 is 1.08. The Hall–Kier alpha value is -0.680. The zero-order valence-corrected chi connectivity index (χ0v) is 11.7. The first-order valence-corrected chi connectivity index (χ1v) is 7.14. The molecule has 0 spiro atoms. The van der Waals surface area contributed by atoms with Gasteiger partial charge in [0.05, 0.1) is 6.10 Å². The molecule has 0 aliphatic carbocycles. The average molecular weight is 312 g/mol. The van der Waals surface area contributed by atoms with E-state index >= 15 is 0 Å². The minimum atomic E-state index is -0.423. The number of hydrogen-bond donors (Lipinski definition) is 2. The number of hydrogen-bond acceptors (Lipinski definition) is 3. The fraction of sp³-hybridized carbons (Fsp3) is 0.231. The predicted octanol–water partition coefficient (Wildman–Crippen LogP) is 3.33. The van der Waals surface area contributed by atoms with E-state index in [0.29, 0.717) is 6.54 Å². The van der Waals surface area contributed by atoms with Crippen LogP contribution in [-0.2, 0) is 6.54 Å². The molecule has 1 aromatic heterocycles. The average Bonchev–Trinajstić information content (AvgIpc) is 2.82. The van der Waals surface area contributed by atoms with Crippen LogP contribution in [0, 0.1) is 0 Å². The lowest BCUT2D eigenvalue weighted by Gasteiger charge is -2.10. The molecule has 1 aromatic carbocycles. The number of nitrogens with one attached hydrogen (secondary N) is 1. The summed E-state index contributed by atoms with van der Waals surface area (Å²) in [6.07, 6.45) is -0.423. The van der Waals surface area contributed by atoms with Crippen molar-refractivity contribution in [2.75, 3.05) is 6.54 Å². The molecule has 2 rings (SSSR count). The van der Waals surface area contributed by atoms with Gasteiger partial charge >= 0.3 is 0 Å². The largest absolute Gasteiger partial charge is 0.387 e. The van der Waals surface area contributed by atoms with Gasteiger partial charge in [0.25, 0.3) is 0 Å². The highest BCUT2D eigenvalue weighted by molar-refractivity contribution is 9.10. The fourth-order valence-electron chi connectivity index (χ4n) is 1.58. The minimum absolute atomic E-state index is 0.423. The summed E-state index contributed by atoms with van der Waals surface area (Å²) in [6.45, 7) is 1.34. The second-order valence-corrected chi connectivity index (χ2v) is 5.53. The normalized spacial score (nSPS) is 12.6. The molecule has 0 saturated carbocycles. The van der Waals surface area contributed by atoms with E-state index in [0.717, 1.165) is 16.6 Å². The molecule has 0 amide bonds. The van der Waals surface area contributed by atoms with Crippen molar-refractivity contribution < 1.29 is 5.11 Å². The Morgan fingerprint density at radius 2 is 2.24 bits per heavy atom. The van der Waals surface area contributed by atoms with Gasteiger partial charge in [0, 0.05) is 17.6 Å². The molecule has 2 aromatic rings. The Labute approximate surface area is 113 Å². The van der Waals surface area contributed by atoms with E-state index in [4.69, 9.17) is 0 Å². The van der Waals surface area contributed by atoms with Gasteiger partial charge in [-0.05, 0) is 40.1 Å². The van der Waals surface area contributed by atoms with Crippen LogP contribution in [0.1, 0.15) is 17.2 Å². The third-order valence-electron chi connectivity index (χ3n) is 2.48. The number of thiophene rings is 1. The quantitative estimate of drug-likeness (QED) is 0.887. The second-order valence-electron chi connectivity index (χ2n) is 3.83. The van der Waals surface area contributed by atoms with Crippen LogP contribution >= 0.6 is 27.3 Å². The molecule has 4 heteroatoms. The summed E-state index contributed by atoms with van der Waals surface area (Å²) in [7, 11) is 0. The third kappa shape index (κ3) is 3.92. The van der Waals surface area contributed by atoms with Gasteiger partial charge in [-0.3, -0.25) is 0 Å². The van der Waals surface area contributed by atoms with Crippen LogP contribution in [0.4, 0.5) is 0 Å². The van der Waals surface area contributed by atoms with Crippen molar-refractivity contribution in [2.24, 2.45) is 0 Å². The molecule has 90 valence electrons. The molecule has 2 nitrogen and oxygen atoms in total. The predicted molar refractivity (Wildman–Crippen MR) is 75.1 cm³/mol. The van der Waals surface area contributed by atoms with Crippen LogP contribution < -0.4 is 5.32 Å². The van der Waals surface area contributed by atoms with Gasteiger partial charge in [-0.2, -0.15) is 11.3 Å². The number of halogens is 1. The summed E-state index contributed by atoms with van der Waals surface area (Å²) in [6, 6.07) is 10.1. The molecule has 1 atom stereocenters. The van der Waals surface area contributed by atoms with Gasteiger partial charge in [-0.25, -0.2) is 0 Å². The smallest absolute Gasteiger partial charge is 0.0922 e. The summed E-state index contributed by atoms with van der Waals surface area (Å²) in [5, 5.41) is 17.1. The summed E-state index contributed by atoms with van der Waals surface area (Å²) in [4.78, 5) is 0. The standard InChI is InChI=1S/C13H14BrNOS/c14-12-3-1-2-10(6-12)7-15-8-13(16)11-4-5-17-9-11/h1-6,9,13,15-16H,7-8H2. The maximum atomic E-state index is 9.88. The van der Waals surface area contributed by atoms with E-state index in [1.165, 1.54) is 5.56 Å². The van der Waals surface area contributed by atoms with Crippen LogP contribution in [0.2, 0.25) is 0 Å². The van der Waals surface area contributed by atoms with Gasteiger partial charge in [-0.1, -0.05) is 28.1 Å². The first-order chi connectivity index (χ1) is 8.25. The number of benzene rings is 1. The molecular weight excluding hydrogens is 298 g/mol. The molecule has 0 aliphatic heterocycles. The molecule has 0 saturated heterocycles. The summed E-state index contributed by atoms with van der Waals surface area (Å²) >= 11 is 5.04. The van der Waals surface area contributed by atoms with Crippen molar-refractivity contribution in [2.45, 2.75) is 12.6 Å². The van der Waals surface area contributed by atoms with Crippen molar-refractivity contribution >= 4 is 27.3 Å².